The van der Waals surface area contributed by atoms with Gasteiger partial charge in [0.15, 0.2) is 5.75 Å². The van der Waals surface area contributed by atoms with E-state index in [0.29, 0.717) is 29.6 Å². The van der Waals surface area contributed by atoms with E-state index in [0.717, 1.165) is 42.9 Å². The summed E-state index contributed by atoms with van der Waals surface area (Å²) in [5.41, 5.74) is 4.46. The Morgan fingerprint density at radius 2 is 1.86 bits per heavy atom. The molecule has 2 aromatic carbocycles. The summed E-state index contributed by atoms with van der Waals surface area (Å²) in [4.78, 5) is 30.9. The first kappa shape index (κ1) is 29.1. The maximum atomic E-state index is 13.3. The Morgan fingerprint density at radius 1 is 1.05 bits per heavy atom. The number of piperazine rings is 1. The average Bonchev–Trinajstić information content (AvgIpc) is 2.96. The predicted octanol–water partition coefficient (Wildman–Crippen LogP) is 3.17. The molecule has 0 bridgehead atoms. The smallest absolute Gasteiger partial charge is 0.370 e. The second-order valence-electron chi connectivity index (χ2n) is 10.1. The minimum atomic E-state index is -4.36. The van der Waals surface area contributed by atoms with Crippen LogP contribution >= 0.6 is 0 Å². The Bertz CT molecular complexity index is 1680. The standard InChI is InChI=1S/C29H32N8O4S/c1-20-5-7-23(17-26(20)35-29-32-11-9-25(34-29)22-4-3-10-31-18-22)33-28(38)24-8-6-21(16-27(24)41-42(30,39)40)19-37-14-12-36(2)13-15-37/h3-11,16-18H,12-15,19H2,1-2H3,(H,33,38)(H2,30,39,40)(H,32,34,35). The minimum absolute atomic E-state index is 0.0359. The highest BCUT2D eigenvalue weighted by Crippen LogP contribution is 2.27. The third kappa shape index (κ3) is 7.64. The van der Waals surface area contributed by atoms with E-state index in [1.807, 2.05) is 25.1 Å². The van der Waals surface area contributed by atoms with Crippen molar-refractivity contribution in [1.82, 2.24) is 24.8 Å². The second kappa shape index (κ2) is 12.6. The van der Waals surface area contributed by atoms with Crippen molar-refractivity contribution in [2.75, 3.05) is 43.9 Å². The van der Waals surface area contributed by atoms with Crippen LogP contribution in [0.25, 0.3) is 11.3 Å². The van der Waals surface area contributed by atoms with Crippen LogP contribution in [0.4, 0.5) is 17.3 Å². The van der Waals surface area contributed by atoms with E-state index >= 15 is 0 Å². The third-order valence-electron chi connectivity index (χ3n) is 6.85. The van der Waals surface area contributed by atoms with Gasteiger partial charge in [-0.25, -0.2) is 9.97 Å². The van der Waals surface area contributed by atoms with Crippen LogP contribution in [0.1, 0.15) is 21.5 Å². The van der Waals surface area contributed by atoms with Gasteiger partial charge in [-0.05, 0) is 67.6 Å². The van der Waals surface area contributed by atoms with Gasteiger partial charge in [0, 0.05) is 68.3 Å². The maximum Gasteiger partial charge on any atom is 0.380 e. The van der Waals surface area contributed by atoms with E-state index in [1.54, 1.807) is 55.0 Å². The Hall–Kier alpha value is -4.43. The number of benzene rings is 2. The molecule has 0 spiro atoms. The summed E-state index contributed by atoms with van der Waals surface area (Å²) < 4.78 is 28.7. The zero-order valence-electron chi connectivity index (χ0n) is 23.3. The molecule has 3 heterocycles. The zero-order valence-corrected chi connectivity index (χ0v) is 24.1. The Morgan fingerprint density at radius 3 is 2.60 bits per heavy atom. The Labute approximate surface area is 244 Å². The molecule has 4 N–H and O–H groups in total. The largest absolute Gasteiger partial charge is 0.380 e. The van der Waals surface area contributed by atoms with Gasteiger partial charge in [0.25, 0.3) is 5.91 Å². The molecule has 1 aliphatic heterocycles. The molecule has 0 saturated carbocycles. The van der Waals surface area contributed by atoms with Gasteiger partial charge in [-0.15, -0.1) is 0 Å². The fourth-order valence-corrected chi connectivity index (χ4v) is 4.95. The van der Waals surface area contributed by atoms with E-state index in [2.05, 4.69) is 42.4 Å². The number of carbonyl (C=O) groups excluding carboxylic acids is 1. The van der Waals surface area contributed by atoms with Crippen molar-refractivity contribution in [3.63, 3.8) is 0 Å². The summed E-state index contributed by atoms with van der Waals surface area (Å²) >= 11 is 0. The summed E-state index contributed by atoms with van der Waals surface area (Å²) in [6, 6.07) is 15.8. The Kier molecular flexibility index (Phi) is 8.73. The number of pyridine rings is 1. The van der Waals surface area contributed by atoms with Crippen LogP contribution in [-0.4, -0.2) is 72.3 Å². The number of nitrogens with one attached hydrogen (secondary N) is 2. The number of nitrogens with two attached hydrogens (primary N) is 1. The van der Waals surface area contributed by atoms with Crippen LogP contribution in [0.5, 0.6) is 5.75 Å². The van der Waals surface area contributed by atoms with Crippen molar-refractivity contribution >= 4 is 33.5 Å². The monoisotopic (exact) mass is 588 g/mol. The number of hydrogen-bond donors (Lipinski definition) is 3. The van der Waals surface area contributed by atoms with Crippen molar-refractivity contribution < 1.29 is 17.4 Å². The molecule has 0 unspecified atom stereocenters. The fourth-order valence-electron chi connectivity index (χ4n) is 4.56. The quantitative estimate of drug-likeness (QED) is 0.265. The first-order valence-electron chi connectivity index (χ1n) is 13.3. The normalized spacial score (nSPS) is 14.4. The van der Waals surface area contributed by atoms with E-state index in [1.165, 1.54) is 0 Å². The summed E-state index contributed by atoms with van der Waals surface area (Å²) in [5, 5.41) is 11.2. The molecule has 5 rings (SSSR count). The van der Waals surface area contributed by atoms with Gasteiger partial charge >= 0.3 is 10.3 Å². The van der Waals surface area contributed by atoms with Crippen molar-refractivity contribution in [2.45, 2.75) is 13.5 Å². The van der Waals surface area contributed by atoms with E-state index < -0.39 is 16.2 Å². The van der Waals surface area contributed by atoms with Gasteiger partial charge in [-0.3, -0.25) is 14.7 Å². The number of anilines is 3. The highest BCUT2D eigenvalue weighted by atomic mass is 32.2. The number of aryl methyl sites for hydroxylation is 1. The molecule has 12 nitrogen and oxygen atoms in total. The molecule has 2 aromatic heterocycles. The molecular weight excluding hydrogens is 556 g/mol. The molecule has 0 aliphatic carbocycles. The fraction of sp³-hybridized carbons (Fsp3) is 0.241. The first-order valence-corrected chi connectivity index (χ1v) is 14.8. The molecule has 42 heavy (non-hydrogen) atoms. The molecular formula is C29H32N8O4S. The van der Waals surface area contributed by atoms with Gasteiger partial charge in [-0.1, -0.05) is 12.1 Å². The molecule has 0 atom stereocenters. The number of nitrogens with zero attached hydrogens (tertiary/aromatic N) is 5. The molecule has 0 radical (unpaired) electrons. The van der Waals surface area contributed by atoms with Crippen molar-refractivity contribution in [1.29, 1.82) is 0 Å². The second-order valence-corrected chi connectivity index (χ2v) is 11.3. The topological polar surface area (TPSA) is 156 Å². The van der Waals surface area contributed by atoms with Crippen LogP contribution < -0.4 is 20.0 Å². The molecule has 1 fully saturated rings. The Balaban J connectivity index is 1.34. The van der Waals surface area contributed by atoms with Gasteiger partial charge in [0.05, 0.1) is 11.3 Å². The molecule has 1 aliphatic rings. The maximum absolute atomic E-state index is 13.3. The van der Waals surface area contributed by atoms with Crippen molar-refractivity contribution in [2.24, 2.45) is 5.14 Å². The lowest BCUT2D eigenvalue weighted by Crippen LogP contribution is -2.43. The zero-order chi connectivity index (χ0) is 29.7. The van der Waals surface area contributed by atoms with Gasteiger partial charge < -0.3 is 19.7 Å². The van der Waals surface area contributed by atoms with Crippen molar-refractivity contribution in [3.05, 3.63) is 89.9 Å². The highest BCUT2D eigenvalue weighted by molar-refractivity contribution is 7.84. The molecule has 4 aromatic rings. The molecule has 218 valence electrons. The molecule has 13 heteroatoms. The van der Waals surface area contributed by atoms with Crippen molar-refractivity contribution in [3.8, 4) is 17.0 Å². The SMILES string of the molecule is Cc1ccc(NC(=O)c2ccc(CN3CCN(C)CC3)cc2OS(N)(=O)=O)cc1Nc1nccc(-c2cccnc2)n1. The number of hydrogen-bond acceptors (Lipinski definition) is 10. The number of carbonyl (C=O) groups is 1. The van der Waals surface area contributed by atoms with Gasteiger partial charge in [0.2, 0.25) is 5.95 Å². The van der Waals surface area contributed by atoms with Crippen LogP contribution in [0.3, 0.4) is 0 Å². The number of aromatic nitrogens is 3. The third-order valence-corrected chi connectivity index (χ3v) is 7.27. The lowest BCUT2D eigenvalue weighted by atomic mass is 10.1. The van der Waals surface area contributed by atoms with E-state index in [4.69, 9.17) is 9.32 Å². The summed E-state index contributed by atoms with van der Waals surface area (Å²) in [6.07, 6.45) is 5.07. The molecule has 1 amide bonds. The summed E-state index contributed by atoms with van der Waals surface area (Å²) in [6.45, 7) is 6.15. The summed E-state index contributed by atoms with van der Waals surface area (Å²) in [7, 11) is -2.29. The van der Waals surface area contributed by atoms with Crippen LogP contribution in [0, 0.1) is 6.92 Å². The minimum Gasteiger partial charge on any atom is -0.370 e. The van der Waals surface area contributed by atoms with Gasteiger partial charge in [-0.2, -0.15) is 13.6 Å². The predicted molar refractivity (Wildman–Crippen MR) is 161 cm³/mol. The first-order chi connectivity index (χ1) is 20.1. The summed E-state index contributed by atoms with van der Waals surface area (Å²) in [5.74, 6) is -0.306. The van der Waals surface area contributed by atoms with Gasteiger partial charge in [0.1, 0.15) is 0 Å². The number of rotatable bonds is 9. The highest BCUT2D eigenvalue weighted by Gasteiger charge is 2.20. The molecule has 1 saturated heterocycles. The van der Waals surface area contributed by atoms with Crippen LogP contribution in [-0.2, 0) is 16.8 Å². The average molecular weight is 589 g/mol. The van der Waals surface area contributed by atoms with E-state index in [-0.39, 0.29) is 11.3 Å². The lowest BCUT2D eigenvalue weighted by molar-refractivity contribution is 0.102. The van der Waals surface area contributed by atoms with E-state index in [9.17, 15) is 13.2 Å². The lowest BCUT2D eigenvalue weighted by Gasteiger charge is -2.32. The number of likely N-dealkylation sites (N-methyl/N-ethyl adjacent to an activating group) is 1. The van der Waals surface area contributed by atoms with Crippen LogP contribution in [0.15, 0.2) is 73.2 Å². The van der Waals surface area contributed by atoms with Crippen LogP contribution in [0.2, 0.25) is 0 Å². The number of amides is 1.